The van der Waals surface area contributed by atoms with Crippen molar-refractivity contribution in [2.45, 2.75) is 36.8 Å². The minimum absolute atomic E-state index is 0.193. The average molecular weight is 350 g/mol. The molecule has 0 aliphatic carbocycles. The summed E-state index contributed by atoms with van der Waals surface area (Å²) in [6.07, 6.45) is 0.0112. The van der Waals surface area contributed by atoms with Gasteiger partial charge in [0, 0.05) is 13.1 Å². The van der Waals surface area contributed by atoms with E-state index in [0.29, 0.717) is 12.6 Å². The minimum atomic E-state index is -4.56. The molecule has 0 spiro atoms. The van der Waals surface area contributed by atoms with Gasteiger partial charge in [0.1, 0.15) is 0 Å². The van der Waals surface area contributed by atoms with Gasteiger partial charge in [-0.3, -0.25) is 0 Å². The summed E-state index contributed by atoms with van der Waals surface area (Å²) in [7, 11) is -3.93. The van der Waals surface area contributed by atoms with Crippen LogP contribution in [0.25, 0.3) is 0 Å². The second-order valence-corrected chi connectivity index (χ2v) is 7.45. The van der Waals surface area contributed by atoms with Crippen LogP contribution in [-0.4, -0.2) is 39.5 Å². The fraction of sp³-hybridized carbons (Fsp3) is 0.600. The lowest BCUT2D eigenvalue weighted by atomic mass is 10.2. The molecule has 0 saturated carbocycles. The molecule has 130 valence electrons. The van der Waals surface area contributed by atoms with Crippen LogP contribution in [0.2, 0.25) is 0 Å². The van der Waals surface area contributed by atoms with E-state index in [1.54, 1.807) is 0 Å². The third-order valence-corrected chi connectivity index (χ3v) is 5.35. The molecule has 0 radical (unpaired) electrons. The van der Waals surface area contributed by atoms with E-state index < -0.39 is 21.8 Å². The first-order chi connectivity index (χ1) is 10.8. The normalized spacial score (nSPS) is 17.9. The fourth-order valence-corrected chi connectivity index (χ4v) is 3.69. The number of hydrogen-bond donors (Lipinski definition) is 1. The van der Waals surface area contributed by atoms with Gasteiger partial charge < -0.3 is 4.90 Å². The van der Waals surface area contributed by atoms with Crippen molar-refractivity contribution in [1.82, 2.24) is 9.62 Å². The molecule has 0 unspecified atom stereocenters. The van der Waals surface area contributed by atoms with Gasteiger partial charge in [0.25, 0.3) is 0 Å². The van der Waals surface area contributed by atoms with Crippen LogP contribution < -0.4 is 4.72 Å². The fourth-order valence-electron chi connectivity index (χ4n) is 2.62. The molecule has 1 aromatic rings. The van der Waals surface area contributed by atoms with E-state index in [1.165, 1.54) is 18.9 Å². The summed E-state index contributed by atoms with van der Waals surface area (Å²) in [6.45, 7) is 2.63. The van der Waals surface area contributed by atoms with Crippen molar-refractivity contribution in [2.24, 2.45) is 0 Å². The lowest BCUT2D eigenvalue weighted by Crippen LogP contribution is -2.35. The molecule has 1 aromatic carbocycles. The maximum Gasteiger partial charge on any atom is 0.416 e. The van der Waals surface area contributed by atoms with Crippen LogP contribution in [0.3, 0.4) is 0 Å². The van der Waals surface area contributed by atoms with Crippen molar-refractivity contribution in [3.8, 4) is 0 Å². The molecule has 0 atom stereocenters. The molecule has 1 saturated heterocycles. The van der Waals surface area contributed by atoms with Gasteiger partial charge in [-0.1, -0.05) is 18.9 Å². The molecule has 1 fully saturated rings. The van der Waals surface area contributed by atoms with Gasteiger partial charge in [-0.05, 0) is 44.1 Å². The molecule has 0 aromatic heterocycles. The largest absolute Gasteiger partial charge is 0.416 e. The van der Waals surface area contributed by atoms with E-state index in [4.69, 9.17) is 0 Å². The first-order valence-corrected chi connectivity index (χ1v) is 9.17. The first kappa shape index (κ1) is 18.2. The Bertz CT molecular complexity index is 609. The van der Waals surface area contributed by atoms with E-state index in [0.717, 1.165) is 38.1 Å². The number of sulfonamides is 1. The molecule has 23 heavy (non-hydrogen) atoms. The average Bonchev–Trinajstić information content (AvgIpc) is 2.75. The highest BCUT2D eigenvalue weighted by Gasteiger charge is 2.31. The van der Waals surface area contributed by atoms with Crippen molar-refractivity contribution in [3.05, 3.63) is 29.8 Å². The summed E-state index contributed by atoms with van der Waals surface area (Å²) >= 11 is 0. The predicted octanol–water partition coefficient (Wildman–Crippen LogP) is 2.86. The Balaban J connectivity index is 1.96. The third kappa shape index (κ3) is 5.47. The van der Waals surface area contributed by atoms with Gasteiger partial charge in [-0.25, -0.2) is 13.1 Å². The van der Waals surface area contributed by atoms with Gasteiger partial charge >= 0.3 is 6.18 Å². The van der Waals surface area contributed by atoms with Crippen molar-refractivity contribution in [1.29, 1.82) is 0 Å². The number of rotatable bonds is 5. The maximum absolute atomic E-state index is 12.7. The number of nitrogens with one attached hydrogen (secondary N) is 1. The Morgan fingerprint density at radius 2 is 1.74 bits per heavy atom. The zero-order chi connectivity index (χ0) is 16.9. The highest BCUT2D eigenvalue weighted by atomic mass is 32.2. The molecule has 2 rings (SSSR count). The van der Waals surface area contributed by atoms with Crippen LogP contribution in [0.15, 0.2) is 29.2 Å². The quantitative estimate of drug-likeness (QED) is 0.888. The molecule has 1 heterocycles. The molecule has 1 N–H and O–H groups in total. The van der Waals surface area contributed by atoms with E-state index in [1.807, 2.05) is 0 Å². The lowest BCUT2D eigenvalue weighted by Gasteiger charge is -2.19. The van der Waals surface area contributed by atoms with Gasteiger partial charge in [-0.15, -0.1) is 0 Å². The van der Waals surface area contributed by atoms with Crippen molar-refractivity contribution in [2.75, 3.05) is 26.2 Å². The Morgan fingerprint density at radius 1 is 1.09 bits per heavy atom. The standard InChI is InChI=1S/C15H21F3N2O2S/c16-15(17,18)13-6-5-7-14(12-13)23(21,22)19-8-11-20-9-3-1-2-4-10-20/h5-7,12,19H,1-4,8-11H2. The summed E-state index contributed by atoms with van der Waals surface area (Å²) < 4.78 is 64.6. The van der Waals surface area contributed by atoms with Crippen LogP contribution in [-0.2, 0) is 16.2 Å². The number of alkyl halides is 3. The number of likely N-dealkylation sites (tertiary alicyclic amines) is 1. The van der Waals surface area contributed by atoms with Crippen molar-refractivity contribution < 1.29 is 21.6 Å². The highest BCUT2D eigenvalue weighted by molar-refractivity contribution is 7.89. The Labute approximate surface area is 134 Å². The number of nitrogens with zero attached hydrogens (tertiary/aromatic N) is 1. The van der Waals surface area contributed by atoms with Crippen molar-refractivity contribution in [3.63, 3.8) is 0 Å². The number of benzene rings is 1. The third-order valence-electron chi connectivity index (χ3n) is 3.89. The summed E-state index contributed by atoms with van der Waals surface area (Å²) in [5, 5.41) is 0. The summed E-state index contributed by atoms with van der Waals surface area (Å²) in [6, 6.07) is 3.79. The molecule has 8 heteroatoms. The minimum Gasteiger partial charge on any atom is -0.302 e. The molecular weight excluding hydrogens is 329 g/mol. The smallest absolute Gasteiger partial charge is 0.302 e. The molecule has 1 aliphatic rings. The summed E-state index contributed by atoms with van der Waals surface area (Å²) in [5.41, 5.74) is -0.965. The first-order valence-electron chi connectivity index (χ1n) is 7.68. The SMILES string of the molecule is O=S(=O)(NCCN1CCCCCC1)c1cccc(C(F)(F)F)c1. The van der Waals surface area contributed by atoms with E-state index in [2.05, 4.69) is 9.62 Å². The summed E-state index contributed by atoms with van der Waals surface area (Å²) in [4.78, 5) is 1.82. The van der Waals surface area contributed by atoms with Gasteiger partial charge in [0.2, 0.25) is 10.0 Å². The van der Waals surface area contributed by atoms with Crippen LogP contribution >= 0.6 is 0 Å². The highest BCUT2D eigenvalue weighted by Crippen LogP contribution is 2.30. The van der Waals surface area contributed by atoms with Crippen LogP contribution in [0, 0.1) is 0 Å². The van der Waals surface area contributed by atoms with Crippen LogP contribution in [0.5, 0.6) is 0 Å². The zero-order valence-corrected chi connectivity index (χ0v) is 13.6. The zero-order valence-electron chi connectivity index (χ0n) is 12.8. The van der Waals surface area contributed by atoms with E-state index in [-0.39, 0.29) is 11.4 Å². The van der Waals surface area contributed by atoms with Gasteiger partial charge in [-0.2, -0.15) is 13.2 Å². The predicted molar refractivity (Wildman–Crippen MR) is 81.5 cm³/mol. The maximum atomic E-state index is 12.7. The van der Waals surface area contributed by atoms with E-state index >= 15 is 0 Å². The summed E-state index contributed by atoms with van der Waals surface area (Å²) in [5.74, 6) is 0. The van der Waals surface area contributed by atoms with Crippen LogP contribution in [0.1, 0.15) is 31.2 Å². The van der Waals surface area contributed by atoms with E-state index in [9.17, 15) is 21.6 Å². The van der Waals surface area contributed by atoms with Crippen LogP contribution in [0.4, 0.5) is 13.2 Å². The molecule has 0 amide bonds. The Kier molecular flexibility index (Phi) is 6.05. The topological polar surface area (TPSA) is 49.4 Å². The Morgan fingerprint density at radius 3 is 2.35 bits per heavy atom. The van der Waals surface area contributed by atoms with Gasteiger partial charge in [0.05, 0.1) is 10.5 Å². The Hall–Kier alpha value is -1.12. The monoisotopic (exact) mass is 350 g/mol. The molecule has 0 bridgehead atoms. The number of hydrogen-bond acceptors (Lipinski definition) is 3. The van der Waals surface area contributed by atoms with Crippen molar-refractivity contribution >= 4 is 10.0 Å². The lowest BCUT2D eigenvalue weighted by molar-refractivity contribution is -0.137. The second-order valence-electron chi connectivity index (χ2n) is 5.68. The second kappa shape index (κ2) is 7.63. The molecular formula is C15H21F3N2O2S. The molecule has 1 aliphatic heterocycles. The number of halogens is 3. The molecule has 4 nitrogen and oxygen atoms in total. The van der Waals surface area contributed by atoms with Gasteiger partial charge in [0.15, 0.2) is 0 Å².